The zero-order chi connectivity index (χ0) is 9.42. The topological polar surface area (TPSA) is 57.6 Å². The van der Waals surface area contributed by atoms with Crippen molar-refractivity contribution >= 4 is 11.8 Å². The summed E-state index contributed by atoms with van der Waals surface area (Å²) in [6, 6.07) is 0.0376. The van der Waals surface area contributed by atoms with Crippen LogP contribution in [-0.2, 0) is 9.59 Å². The van der Waals surface area contributed by atoms with Gasteiger partial charge in [0.2, 0.25) is 0 Å². The third-order valence-corrected chi connectivity index (χ3v) is 3.05. The van der Waals surface area contributed by atoms with Gasteiger partial charge in [0, 0.05) is 19.5 Å². The number of Topliss-reactive ketones (excluding diaryl/α,β-unsaturated/α-hetero) is 1. The molecule has 1 N–H and O–H groups in total. The molecule has 2 fully saturated rings. The molecule has 4 heteroatoms. The van der Waals surface area contributed by atoms with Crippen LogP contribution >= 0.6 is 0 Å². The first-order valence-electron chi connectivity index (χ1n) is 4.68. The van der Waals surface area contributed by atoms with E-state index in [0.29, 0.717) is 25.2 Å². The van der Waals surface area contributed by atoms with Gasteiger partial charge in [-0.1, -0.05) is 0 Å². The van der Waals surface area contributed by atoms with E-state index in [1.165, 1.54) is 0 Å². The van der Waals surface area contributed by atoms with Crippen molar-refractivity contribution in [3.8, 4) is 0 Å². The molecule has 0 aliphatic carbocycles. The zero-order valence-electron chi connectivity index (χ0n) is 7.40. The van der Waals surface area contributed by atoms with Crippen molar-refractivity contribution in [1.82, 2.24) is 4.90 Å². The van der Waals surface area contributed by atoms with E-state index in [-0.39, 0.29) is 12.0 Å². The van der Waals surface area contributed by atoms with Gasteiger partial charge in [-0.3, -0.25) is 14.5 Å². The monoisotopic (exact) mass is 183 g/mol. The lowest BCUT2D eigenvalue weighted by atomic mass is 9.93. The normalized spacial score (nSPS) is 34.6. The number of piperidine rings is 1. The third kappa shape index (κ3) is 1.46. The number of carboxylic acid groups (broad SMARTS) is 1. The zero-order valence-corrected chi connectivity index (χ0v) is 7.40. The summed E-state index contributed by atoms with van der Waals surface area (Å²) in [6.07, 6.45) is 2.00. The first kappa shape index (κ1) is 8.69. The Labute approximate surface area is 76.5 Å². The van der Waals surface area contributed by atoms with Gasteiger partial charge in [0.1, 0.15) is 0 Å². The predicted octanol–water partition coefficient (Wildman–Crippen LogP) is 0.124. The van der Waals surface area contributed by atoms with Gasteiger partial charge in [0.05, 0.1) is 12.0 Å². The largest absolute Gasteiger partial charge is 0.481 e. The van der Waals surface area contributed by atoms with Gasteiger partial charge in [0.25, 0.3) is 0 Å². The fraction of sp³-hybridized carbons (Fsp3) is 0.778. The number of rotatable bonds is 1. The predicted molar refractivity (Wildman–Crippen MR) is 45.3 cm³/mol. The van der Waals surface area contributed by atoms with E-state index in [2.05, 4.69) is 0 Å². The summed E-state index contributed by atoms with van der Waals surface area (Å²) in [7, 11) is 0. The van der Waals surface area contributed by atoms with E-state index in [1.807, 2.05) is 4.90 Å². The molecule has 2 rings (SSSR count). The molecule has 0 radical (unpaired) electrons. The second-order valence-corrected chi connectivity index (χ2v) is 3.84. The highest BCUT2D eigenvalue weighted by Crippen LogP contribution is 2.27. The Morgan fingerprint density at radius 2 is 2.23 bits per heavy atom. The molecule has 0 bridgehead atoms. The van der Waals surface area contributed by atoms with Crippen LogP contribution in [-0.4, -0.2) is 40.9 Å². The molecular formula is C9H13NO3. The van der Waals surface area contributed by atoms with Crippen molar-refractivity contribution in [2.45, 2.75) is 25.3 Å². The van der Waals surface area contributed by atoms with Crippen LogP contribution in [0.25, 0.3) is 0 Å². The van der Waals surface area contributed by atoms with Gasteiger partial charge >= 0.3 is 5.97 Å². The number of aliphatic carboxylic acids is 1. The molecule has 2 aliphatic heterocycles. The van der Waals surface area contributed by atoms with Crippen LogP contribution in [0.15, 0.2) is 0 Å². The maximum absolute atomic E-state index is 11.3. The summed E-state index contributed by atoms with van der Waals surface area (Å²) in [5.41, 5.74) is 0. The van der Waals surface area contributed by atoms with Crippen LogP contribution in [0.2, 0.25) is 0 Å². The molecule has 4 nitrogen and oxygen atoms in total. The Morgan fingerprint density at radius 3 is 2.92 bits per heavy atom. The maximum atomic E-state index is 11.3. The van der Waals surface area contributed by atoms with Crippen molar-refractivity contribution in [2.24, 2.45) is 5.92 Å². The Kier molecular flexibility index (Phi) is 2.07. The molecule has 0 amide bonds. The first-order chi connectivity index (χ1) is 6.18. The van der Waals surface area contributed by atoms with Gasteiger partial charge in [-0.25, -0.2) is 0 Å². The summed E-state index contributed by atoms with van der Waals surface area (Å²) < 4.78 is 0. The number of hydrogen-bond acceptors (Lipinski definition) is 3. The number of carboxylic acids is 1. The SMILES string of the molecule is O=C(O)C1CCC2C(=O)CCN2C1. The molecule has 2 heterocycles. The molecule has 0 aromatic carbocycles. The van der Waals surface area contributed by atoms with E-state index in [4.69, 9.17) is 5.11 Å². The number of ketones is 1. The van der Waals surface area contributed by atoms with Crippen LogP contribution in [0.5, 0.6) is 0 Å². The number of hydrogen-bond donors (Lipinski definition) is 1. The second kappa shape index (κ2) is 3.10. The molecule has 0 aromatic heterocycles. The lowest BCUT2D eigenvalue weighted by Gasteiger charge is -2.31. The van der Waals surface area contributed by atoms with Crippen molar-refractivity contribution < 1.29 is 14.7 Å². The van der Waals surface area contributed by atoms with Crippen LogP contribution in [0, 0.1) is 5.92 Å². The molecule has 2 saturated heterocycles. The van der Waals surface area contributed by atoms with Crippen LogP contribution in [0.1, 0.15) is 19.3 Å². The molecule has 2 aliphatic rings. The number of nitrogens with zero attached hydrogens (tertiary/aromatic N) is 1. The summed E-state index contributed by atoms with van der Waals surface area (Å²) >= 11 is 0. The van der Waals surface area contributed by atoms with Crippen molar-refractivity contribution in [1.29, 1.82) is 0 Å². The summed E-state index contributed by atoms with van der Waals surface area (Å²) in [4.78, 5) is 24.0. The number of carbonyl (C=O) groups is 2. The molecule has 0 spiro atoms. The second-order valence-electron chi connectivity index (χ2n) is 3.84. The van der Waals surface area contributed by atoms with Crippen LogP contribution < -0.4 is 0 Å². The average molecular weight is 183 g/mol. The minimum atomic E-state index is -0.724. The number of carbonyl (C=O) groups excluding carboxylic acids is 1. The van der Waals surface area contributed by atoms with Crippen LogP contribution in [0.3, 0.4) is 0 Å². The van der Waals surface area contributed by atoms with Crippen molar-refractivity contribution in [3.63, 3.8) is 0 Å². The fourth-order valence-electron chi connectivity index (χ4n) is 2.28. The molecule has 0 saturated carbocycles. The van der Waals surface area contributed by atoms with Gasteiger partial charge in [-0.2, -0.15) is 0 Å². The Morgan fingerprint density at radius 1 is 1.46 bits per heavy atom. The smallest absolute Gasteiger partial charge is 0.307 e. The first-order valence-corrected chi connectivity index (χ1v) is 4.68. The summed E-state index contributed by atoms with van der Waals surface area (Å²) in [6.45, 7) is 1.32. The van der Waals surface area contributed by atoms with Gasteiger partial charge in [-0.05, 0) is 12.8 Å². The van der Waals surface area contributed by atoms with E-state index in [9.17, 15) is 9.59 Å². The molecular weight excluding hydrogens is 170 g/mol. The number of fused-ring (bicyclic) bond motifs is 1. The average Bonchev–Trinajstić information content (AvgIpc) is 2.47. The Bertz CT molecular complexity index is 251. The van der Waals surface area contributed by atoms with E-state index < -0.39 is 5.97 Å². The lowest BCUT2D eigenvalue weighted by molar-refractivity contribution is -0.144. The van der Waals surface area contributed by atoms with E-state index in [1.54, 1.807) is 0 Å². The molecule has 2 unspecified atom stereocenters. The van der Waals surface area contributed by atoms with E-state index >= 15 is 0 Å². The summed E-state index contributed by atoms with van der Waals surface area (Å²) in [5.74, 6) is -0.691. The molecule has 13 heavy (non-hydrogen) atoms. The van der Waals surface area contributed by atoms with Gasteiger partial charge < -0.3 is 5.11 Å². The van der Waals surface area contributed by atoms with Crippen LogP contribution in [0.4, 0.5) is 0 Å². The summed E-state index contributed by atoms with van der Waals surface area (Å²) in [5, 5.41) is 8.81. The van der Waals surface area contributed by atoms with Gasteiger partial charge in [0.15, 0.2) is 5.78 Å². The quantitative estimate of drug-likeness (QED) is 0.627. The van der Waals surface area contributed by atoms with Crippen molar-refractivity contribution in [2.75, 3.05) is 13.1 Å². The van der Waals surface area contributed by atoms with E-state index in [0.717, 1.165) is 13.0 Å². The Hall–Kier alpha value is -0.900. The Balaban J connectivity index is 2.03. The molecule has 72 valence electrons. The van der Waals surface area contributed by atoms with Gasteiger partial charge in [-0.15, -0.1) is 0 Å². The molecule has 2 atom stereocenters. The highest BCUT2D eigenvalue weighted by atomic mass is 16.4. The standard InChI is InChI=1S/C9H13NO3/c11-8-3-4-10-5-6(9(12)13)1-2-7(8)10/h6-7H,1-5H2,(H,12,13). The minimum Gasteiger partial charge on any atom is -0.481 e. The van der Waals surface area contributed by atoms with Crippen molar-refractivity contribution in [3.05, 3.63) is 0 Å². The molecule has 0 aromatic rings. The highest BCUT2D eigenvalue weighted by molar-refractivity contribution is 5.86. The maximum Gasteiger partial charge on any atom is 0.307 e. The third-order valence-electron chi connectivity index (χ3n) is 3.05. The highest BCUT2D eigenvalue weighted by Gasteiger charge is 2.39. The lowest BCUT2D eigenvalue weighted by Crippen LogP contribution is -2.43. The minimum absolute atomic E-state index is 0.0376. The fourth-order valence-corrected chi connectivity index (χ4v) is 2.28.